The first kappa shape index (κ1) is 15.3. The van der Waals surface area contributed by atoms with Gasteiger partial charge in [0.15, 0.2) is 0 Å². The summed E-state index contributed by atoms with van der Waals surface area (Å²) in [5.41, 5.74) is 0.649. The van der Waals surface area contributed by atoms with Crippen molar-refractivity contribution in [1.29, 1.82) is 0 Å². The summed E-state index contributed by atoms with van der Waals surface area (Å²) in [6.45, 7) is 9.12. The average molecular weight is 267 g/mol. The first-order valence-electron chi connectivity index (χ1n) is 8.44. The van der Waals surface area contributed by atoms with Crippen LogP contribution in [0.5, 0.6) is 0 Å². The van der Waals surface area contributed by atoms with E-state index in [0.29, 0.717) is 11.5 Å². The molecule has 1 atom stereocenters. The van der Waals surface area contributed by atoms with Crippen LogP contribution in [0.4, 0.5) is 0 Å². The minimum atomic E-state index is 0.122. The lowest BCUT2D eigenvalue weighted by Gasteiger charge is -2.39. The van der Waals surface area contributed by atoms with Gasteiger partial charge >= 0.3 is 0 Å². The molecule has 1 aliphatic heterocycles. The molecule has 19 heavy (non-hydrogen) atoms. The molecule has 1 aliphatic carbocycles. The van der Waals surface area contributed by atoms with E-state index in [0.717, 1.165) is 0 Å². The van der Waals surface area contributed by atoms with Gasteiger partial charge in [-0.2, -0.15) is 0 Å². The van der Waals surface area contributed by atoms with Crippen LogP contribution in [0.15, 0.2) is 0 Å². The molecule has 1 saturated heterocycles. The van der Waals surface area contributed by atoms with Gasteiger partial charge in [-0.3, -0.25) is 0 Å². The zero-order chi connectivity index (χ0) is 13.8. The van der Waals surface area contributed by atoms with Crippen molar-refractivity contribution in [2.24, 2.45) is 5.41 Å². The van der Waals surface area contributed by atoms with Gasteiger partial charge in [0, 0.05) is 6.54 Å². The van der Waals surface area contributed by atoms with Gasteiger partial charge in [-0.15, -0.1) is 0 Å². The Labute approximate surface area is 119 Å². The molecular formula is C17H33NO. The highest BCUT2D eigenvalue weighted by Crippen LogP contribution is 2.43. The van der Waals surface area contributed by atoms with Crippen LogP contribution in [0, 0.1) is 5.41 Å². The molecule has 0 bridgehead atoms. The maximum atomic E-state index is 6.26. The molecule has 112 valence electrons. The Morgan fingerprint density at radius 2 is 1.84 bits per heavy atom. The van der Waals surface area contributed by atoms with Crippen LogP contribution in [0.25, 0.3) is 0 Å². The minimum Gasteiger partial charge on any atom is -0.372 e. The van der Waals surface area contributed by atoms with Crippen LogP contribution < -0.4 is 5.32 Å². The summed E-state index contributed by atoms with van der Waals surface area (Å²) in [6.07, 6.45) is 12.6. The molecule has 2 heteroatoms. The van der Waals surface area contributed by atoms with Crippen LogP contribution in [-0.2, 0) is 4.74 Å². The maximum Gasteiger partial charge on any atom is 0.0631 e. The molecule has 2 nitrogen and oxygen atoms in total. The Morgan fingerprint density at radius 1 is 1.11 bits per heavy atom. The van der Waals surface area contributed by atoms with Crippen LogP contribution in [0.3, 0.4) is 0 Å². The quantitative estimate of drug-likeness (QED) is 0.725. The lowest BCUT2D eigenvalue weighted by molar-refractivity contribution is -0.0408. The molecule has 1 unspecified atom stereocenters. The summed E-state index contributed by atoms with van der Waals surface area (Å²) in [5, 5.41) is 3.68. The Hall–Kier alpha value is -0.0800. The third-order valence-corrected chi connectivity index (χ3v) is 5.06. The molecule has 0 amide bonds. The van der Waals surface area contributed by atoms with E-state index in [1.807, 2.05) is 0 Å². The third-order valence-electron chi connectivity index (χ3n) is 5.06. The third kappa shape index (κ3) is 4.46. The summed E-state index contributed by atoms with van der Waals surface area (Å²) >= 11 is 0. The molecule has 0 aromatic heterocycles. The summed E-state index contributed by atoms with van der Waals surface area (Å²) in [5.74, 6) is 0. The van der Waals surface area contributed by atoms with Crippen molar-refractivity contribution < 1.29 is 4.74 Å². The number of hydrogen-bond donors (Lipinski definition) is 1. The van der Waals surface area contributed by atoms with Crippen molar-refractivity contribution >= 4 is 0 Å². The predicted octanol–water partition coefficient (Wildman–Crippen LogP) is 4.28. The second kappa shape index (κ2) is 6.58. The average Bonchev–Trinajstić information content (AvgIpc) is 2.70. The summed E-state index contributed by atoms with van der Waals surface area (Å²) < 4.78 is 6.26. The smallest absolute Gasteiger partial charge is 0.0631 e. The first-order valence-corrected chi connectivity index (χ1v) is 8.44. The number of hydrogen-bond acceptors (Lipinski definition) is 2. The molecule has 0 radical (unpaired) electrons. The van der Waals surface area contributed by atoms with Crippen LogP contribution in [0.2, 0.25) is 0 Å². The van der Waals surface area contributed by atoms with E-state index in [4.69, 9.17) is 4.74 Å². The Kier molecular flexibility index (Phi) is 5.30. The highest BCUT2D eigenvalue weighted by molar-refractivity contribution is 4.91. The van der Waals surface area contributed by atoms with E-state index in [1.54, 1.807) is 0 Å². The van der Waals surface area contributed by atoms with Gasteiger partial charge in [-0.25, -0.2) is 0 Å². The van der Waals surface area contributed by atoms with Gasteiger partial charge in [-0.1, -0.05) is 26.2 Å². The van der Waals surface area contributed by atoms with Gasteiger partial charge in [0.25, 0.3) is 0 Å². The molecule has 0 aromatic rings. The molecule has 1 saturated carbocycles. The molecule has 2 rings (SSSR count). The fourth-order valence-corrected chi connectivity index (χ4v) is 3.99. The van der Waals surface area contributed by atoms with Crippen molar-refractivity contribution in [3.63, 3.8) is 0 Å². The Morgan fingerprint density at radius 3 is 2.42 bits per heavy atom. The van der Waals surface area contributed by atoms with Gasteiger partial charge < -0.3 is 10.1 Å². The van der Waals surface area contributed by atoms with E-state index < -0.39 is 0 Å². The van der Waals surface area contributed by atoms with E-state index in [9.17, 15) is 0 Å². The zero-order valence-electron chi connectivity index (χ0n) is 13.3. The Bertz CT molecular complexity index is 268. The lowest BCUT2D eigenvalue weighted by atomic mass is 9.70. The first-order chi connectivity index (χ1) is 9.05. The second-order valence-corrected chi connectivity index (χ2v) is 7.48. The SMILES string of the molecule is CCCNCC1(CC2CCC(C)(C)O2)CCCCC1. The molecule has 1 heterocycles. The molecular weight excluding hydrogens is 234 g/mol. The maximum absolute atomic E-state index is 6.26. The van der Waals surface area contributed by atoms with Gasteiger partial charge in [0.2, 0.25) is 0 Å². The van der Waals surface area contributed by atoms with Gasteiger partial charge in [0.1, 0.15) is 0 Å². The number of rotatable bonds is 6. The van der Waals surface area contributed by atoms with Crippen molar-refractivity contribution in [3.8, 4) is 0 Å². The second-order valence-electron chi connectivity index (χ2n) is 7.48. The van der Waals surface area contributed by atoms with Crippen LogP contribution >= 0.6 is 0 Å². The van der Waals surface area contributed by atoms with Crippen LogP contribution in [-0.4, -0.2) is 24.8 Å². The van der Waals surface area contributed by atoms with Crippen molar-refractivity contribution in [2.45, 2.75) is 90.3 Å². The van der Waals surface area contributed by atoms with Crippen LogP contribution in [0.1, 0.15) is 78.6 Å². The number of nitrogens with one attached hydrogen (secondary N) is 1. The van der Waals surface area contributed by atoms with Crippen molar-refractivity contribution in [2.75, 3.05) is 13.1 Å². The minimum absolute atomic E-state index is 0.122. The molecule has 0 aromatic carbocycles. The van der Waals surface area contributed by atoms with E-state index in [1.165, 1.54) is 70.9 Å². The Balaban J connectivity index is 1.90. The van der Waals surface area contributed by atoms with Gasteiger partial charge in [0.05, 0.1) is 11.7 Å². The fourth-order valence-electron chi connectivity index (χ4n) is 3.99. The largest absolute Gasteiger partial charge is 0.372 e. The highest BCUT2D eigenvalue weighted by Gasteiger charge is 2.39. The fraction of sp³-hybridized carbons (Fsp3) is 1.00. The molecule has 0 spiro atoms. The standard InChI is InChI=1S/C17H33NO/c1-4-12-18-14-17(9-6-5-7-10-17)13-15-8-11-16(2,3)19-15/h15,18H,4-14H2,1-3H3. The zero-order valence-corrected chi connectivity index (χ0v) is 13.3. The predicted molar refractivity (Wildman–Crippen MR) is 81.5 cm³/mol. The summed E-state index contributed by atoms with van der Waals surface area (Å²) in [6, 6.07) is 0. The normalized spacial score (nSPS) is 29.5. The van der Waals surface area contributed by atoms with E-state index >= 15 is 0 Å². The molecule has 1 N–H and O–H groups in total. The van der Waals surface area contributed by atoms with Crippen molar-refractivity contribution in [1.82, 2.24) is 5.32 Å². The van der Waals surface area contributed by atoms with Crippen molar-refractivity contribution in [3.05, 3.63) is 0 Å². The van der Waals surface area contributed by atoms with Gasteiger partial charge in [-0.05, 0) is 64.3 Å². The monoisotopic (exact) mass is 267 g/mol. The van der Waals surface area contributed by atoms with E-state index in [-0.39, 0.29) is 5.60 Å². The highest BCUT2D eigenvalue weighted by atomic mass is 16.5. The topological polar surface area (TPSA) is 21.3 Å². The molecule has 2 fully saturated rings. The van der Waals surface area contributed by atoms with E-state index in [2.05, 4.69) is 26.1 Å². The lowest BCUT2D eigenvalue weighted by Crippen LogP contribution is -2.39. The summed E-state index contributed by atoms with van der Waals surface area (Å²) in [4.78, 5) is 0. The number of ether oxygens (including phenoxy) is 1. The summed E-state index contributed by atoms with van der Waals surface area (Å²) in [7, 11) is 0. The molecule has 2 aliphatic rings.